The standard InChI is InChI=1S/C31H37NO8/c1-18(13-19(2)28-20(3)25-11-12-31(17-38-31)30(4,39-25)40-28)7-10-23(33)27-24(34)16-32(29(27)35)15-21-8-9-22(36-5)14-26(21)37-6/h7-14,19-20,25,28,33H,15-17H2,1-6H3/b10-7+,18-13+,27-23+/t19-,20-,25+,28-,30+,31+/m1/s1. The first-order valence-electron chi connectivity index (χ1n) is 13.5. The molecule has 214 valence electrons. The van der Waals surface area contributed by atoms with Gasteiger partial charge in [0.05, 0.1) is 46.1 Å². The minimum absolute atomic E-state index is 0.0344. The molecule has 0 radical (unpaired) electrons. The maximum Gasteiger partial charge on any atom is 0.262 e. The first kappa shape index (κ1) is 28.1. The summed E-state index contributed by atoms with van der Waals surface area (Å²) in [7, 11) is 3.09. The predicted molar refractivity (Wildman–Crippen MR) is 147 cm³/mol. The van der Waals surface area contributed by atoms with Crippen molar-refractivity contribution >= 4 is 11.7 Å². The summed E-state index contributed by atoms with van der Waals surface area (Å²) in [5.74, 6) is -0.796. The highest BCUT2D eigenvalue weighted by atomic mass is 16.8. The fourth-order valence-corrected chi connectivity index (χ4v) is 5.82. The molecule has 4 aliphatic heterocycles. The number of aliphatic hydroxyl groups excluding tert-OH is 1. The monoisotopic (exact) mass is 551 g/mol. The van der Waals surface area contributed by atoms with Gasteiger partial charge in [0.1, 0.15) is 22.8 Å². The molecule has 2 bridgehead atoms. The summed E-state index contributed by atoms with van der Waals surface area (Å²) >= 11 is 0. The SMILES string of the molecule is COc1ccc(CN2CC(=O)/C(=C(O)/C=C/C(C)=C/[C@@H](C)[C@H]3O[C@]4(C)O[C@@H](C=C[C@]45CO5)[C@H]3C)C2=O)c(OC)c1. The highest BCUT2D eigenvalue weighted by Crippen LogP contribution is 2.52. The number of ether oxygens (including phenoxy) is 5. The van der Waals surface area contributed by atoms with Crippen molar-refractivity contribution in [3.63, 3.8) is 0 Å². The van der Waals surface area contributed by atoms with Crippen LogP contribution in [0.4, 0.5) is 0 Å². The Balaban J connectivity index is 1.27. The van der Waals surface area contributed by atoms with Crippen LogP contribution in [-0.4, -0.2) is 72.7 Å². The fraction of sp³-hybridized carbons (Fsp3) is 0.484. The lowest BCUT2D eigenvalue weighted by molar-refractivity contribution is -0.346. The van der Waals surface area contributed by atoms with Gasteiger partial charge in [0, 0.05) is 23.5 Å². The molecule has 1 amide bonds. The van der Waals surface area contributed by atoms with Crippen LogP contribution in [-0.2, 0) is 30.3 Å². The van der Waals surface area contributed by atoms with Gasteiger partial charge in [0.15, 0.2) is 11.4 Å². The van der Waals surface area contributed by atoms with E-state index in [1.807, 2.05) is 13.8 Å². The number of allylic oxidation sites excluding steroid dienone is 3. The molecule has 0 aromatic heterocycles. The molecule has 6 atom stereocenters. The van der Waals surface area contributed by atoms with E-state index in [-0.39, 0.29) is 48.5 Å². The zero-order valence-corrected chi connectivity index (χ0v) is 23.8. The molecule has 1 spiro atoms. The Bertz CT molecular complexity index is 1320. The number of methoxy groups -OCH3 is 2. The van der Waals surface area contributed by atoms with Crippen LogP contribution in [0.1, 0.15) is 33.3 Å². The Morgan fingerprint density at radius 3 is 2.65 bits per heavy atom. The lowest BCUT2D eigenvalue weighted by Gasteiger charge is -2.51. The number of likely N-dealkylation sites (tertiary alicyclic amines) is 1. The molecule has 4 aliphatic rings. The van der Waals surface area contributed by atoms with E-state index < -0.39 is 23.1 Å². The molecule has 0 saturated carbocycles. The van der Waals surface area contributed by atoms with E-state index in [4.69, 9.17) is 23.7 Å². The van der Waals surface area contributed by atoms with Gasteiger partial charge in [-0.3, -0.25) is 9.59 Å². The molecule has 3 saturated heterocycles. The molecule has 4 heterocycles. The Morgan fingerprint density at radius 2 is 1.98 bits per heavy atom. The van der Waals surface area contributed by atoms with Crippen LogP contribution in [0.25, 0.3) is 0 Å². The quantitative estimate of drug-likeness (QED) is 0.129. The number of epoxide rings is 1. The summed E-state index contributed by atoms with van der Waals surface area (Å²) in [4.78, 5) is 27.2. The third kappa shape index (κ3) is 4.98. The number of amides is 1. The lowest BCUT2D eigenvalue weighted by Crippen LogP contribution is -2.61. The molecule has 1 N–H and O–H groups in total. The molecule has 0 aliphatic carbocycles. The van der Waals surface area contributed by atoms with Crippen LogP contribution < -0.4 is 9.47 Å². The van der Waals surface area contributed by atoms with Gasteiger partial charge in [0.25, 0.3) is 5.91 Å². The van der Waals surface area contributed by atoms with Crippen molar-refractivity contribution in [1.82, 2.24) is 4.90 Å². The third-order valence-electron chi connectivity index (χ3n) is 8.31. The molecule has 40 heavy (non-hydrogen) atoms. The van der Waals surface area contributed by atoms with Crippen LogP contribution in [0.2, 0.25) is 0 Å². The number of benzene rings is 1. The number of nitrogens with zero attached hydrogens (tertiary/aromatic N) is 1. The Morgan fingerprint density at radius 1 is 1.23 bits per heavy atom. The zero-order valence-electron chi connectivity index (χ0n) is 23.8. The summed E-state index contributed by atoms with van der Waals surface area (Å²) in [6, 6.07) is 5.27. The topological polar surface area (TPSA) is 107 Å². The van der Waals surface area contributed by atoms with E-state index in [2.05, 4.69) is 32.1 Å². The Labute approximate surface area is 234 Å². The minimum atomic E-state index is -0.830. The summed E-state index contributed by atoms with van der Waals surface area (Å²) < 4.78 is 29.0. The van der Waals surface area contributed by atoms with Crippen molar-refractivity contribution in [2.24, 2.45) is 11.8 Å². The molecule has 0 unspecified atom stereocenters. The zero-order chi connectivity index (χ0) is 28.8. The molecule has 5 rings (SSSR count). The Kier molecular flexibility index (Phi) is 7.41. The number of carbonyl (C=O) groups is 2. The van der Waals surface area contributed by atoms with Crippen LogP contribution in [0.15, 0.2) is 65.5 Å². The van der Waals surface area contributed by atoms with Crippen molar-refractivity contribution in [2.45, 2.75) is 57.8 Å². The average molecular weight is 552 g/mol. The van der Waals surface area contributed by atoms with Gasteiger partial charge in [0.2, 0.25) is 5.79 Å². The average Bonchev–Trinajstić information content (AvgIpc) is 3.67. The van der Waals surface area contributed by atoms with Gasteiger partial charge in [-0.2, -0.15) is 0 Å². The summed E-state index contributed by atoms with van der Waals surface area (Å²) in [6.07, 6.45) is 9.15. The molecule has 3 fully saturated rings. The third-order valence-corrected chi connectivity index (χ3v) is 8.31. The highest BCUT2D eigenvalue weighted by molar-refractivity contribution is 6.25. The molecule has 1 aromatic rings. The van der Waals surface area contributed by atoms with Gasteiger partial charge in [-0.1, -0.05) is 37.6 Å². The molecule has 9 heteroatoms. The van der Waals surface area contributed by atoms with E-state index in [0.717, 1.165) is 11.1 Å². The predicted octanol–water partition coefficient (Wildman–Crippen LogP) is 4.04. The summed E-state index contributed by atoms with van der Waals surface area (Å²) in [5.41, 5.74) is 0.868. The van der Waals surface area contributed by atoms with Crippen molar-refractivity contribution in [1.29, 1.82) is 0 Å². The van der Waals surface area contributed by atoms with Crippen LogP contribution in [0, 0.1) is 11.8 Å². The highest BCUT2D eigenvalue weighted by Gasteiger charge is 2.65. The van der Waals surface area contributed by atoms with E-state index in [9.17, 15) is 14.7 Å². The second-order valence-corrected chi connectivity index (χ2v) is 11.1. The first-order valence-corrected chi connectivity index (χ1v) is 13.5. The molecular formula is C31H37NO8. The number of hydrogen-bond acceptors (Lipinski definition) is 8. The van der Waals surface area contributed by atoms with Crippen LogP contribution >= 0.6 is 0 Å². The van der Waals surface area contributed by atoms with Crippen molar-refractivity contribution in [2.75, 3.05) is 27.4 Å². The first-order chi connectivity index (χ1) is 19.0. The number of aliphatic hydroxyl groups is 1. The minimum Gasteiger partial charge on any atom is -0.507 e. The molecule has 9 nitrogen and oxygen atoms in total. The fourth-order valence-electron chi connectivity index (χ4n) is 5.82. The lowest BCUT2D eigenvalue weighted by atomic mass is 9.82. The van der Waals surface area contributed by atoms with E-state index >= 15 is 0 Å². The second kappa shape index (κ2) is 10.5. The molecule has 1 aromatic carbocycles. The largest absolute Gasteiger partial charge is 0.507 e. The van der Waals surface area contributed by atoms with Gasteiger partial charge >= 0.3 is 0 Å². The van der Waals surface area contributed by atoms with Crippen molar-refractivity contribution in [3.8, 4) is 11.5 Å². The number of fused-ring (bicyclic) bond motifs is 3. The van der Waals surface area contributed by atoms with Gasteiger partial charge in [-0.05, 0) is 38.1 Å². The number of Topliss-reactive ketones (excluding diaryl/α,β-unsaturated/α-hetero) is 1. The van der Waals surface area contributed by atoms with Crippen molar-refractivity contribution < 1.29 is 38.4 Å². The van der Waals surface area contributed by atoms with Crippen LogP contribution in [0.5, 0.6) is 11.5 Å². The maximum absolute atomic E-state index is 13.1. The normalized spacial score (nSPS) is 33.6. The molecular weight excluding hydrogens is 514 g/mol. The number of carbonyl (C=O) groups excluding carboxylic acids is 2. The summed E-state index contributed by atoms with van der Waals surface area (Å²) in [5, 5.41) is 10.7. The van der Waals surface area contributed by atoms with Gasteiger partial charge in [-0.25, -0.2) is 0 Å². The maximum atomic E-state index is 13.1. The van der Waals surface area contributed by atoms with Gasteiger partial charge in [-0.15, -0.1) is 0 Å². The Hall–Kier alpha value is -3.40. The second-order valence-electron chi connectivity index (χ2n) is 11.1. The van der Waals surface area contributed by atoms with E-state index in [1.165, 1.54) is 18.1 Å². The van der Waals surface area contributed by atoms with E-state index in [1.54, 1.807) is 31.4 Å². The number of hydrogen-bond donors (Lipinski definition) is 1. The van der Waals surface area contributed by atoms with Crippen LogP contribution in [0.3, 0.4) is 0 Å². The number of ketones is 1. The van der Waals surface area contributed by atoms with Gasteiger partial charge < -0.3 is 33.7 Å². The smallest absolute Gasteiger partial charge is 0.262 e. The van der Waals surface area contributed by atoms with E-state index in [0.29, 0.717) is 18.1 Å². The summed E-state index contributed by atoms with van der Waals surface area (Å²) in [6.45, 7) is 8.67. The van der Waals surface area contributed by atoms with Crippen molar-refractivity contribution in [3.05, 3.63) is 71.0 Å². The number of rotatable bonds is 8.